The topological polar surface area (TPSA) is 110 Å². The molecule has 2 aromatic carbocycles. The van der Waals surface area contributed by atoms with E-state index in [4.69, 9.17) is 4.74 Å². The molecule has 0 unspecified atom stereocenters. The second kappa shape index (κ2) is 6.37. The monoisotopic (exact) mass is 326 g/mol. The maximum atomic E-state index is 11.8. The highest BCUT2D eigenvalue weighted by Crippen LogP contribution is 2.27. The van der Waals surface area contributed by atoms with Crippen LogP contribution in [0.1, 0.15) is 17.3 Å². The third-order valence-corrected chi connectivity index (χ3v) is 3.35. The number of esters is 1. The Labute approximate surface area is 136 Å². The first-order valence-electron chi connectivity index (χ1n) is 7.26. The van der Waals surface area contributed by atoms with Crippen LogP contribution in [0.25, 0.3) is 11.0 Å². The van der Waals surface area contributed by atoms with Gasteiger partial charge in [0.2, 0.25) is 5.95 Å². The van der Waals surface area contributed by atoms with Crippen LogP contribution in [0.4, 0.5) is 17.3 Å². The Hall–Kier alpha value is -3.42. The van der Waals surface area contributed by atoms with Gasteiger partial charge in [-0.05, 0) is 31.2 Å². The van der Waals surface area contributed by atoms with E-state index >= 15 is 0 Å². The molecule has 24 heavy (non-hydrogen) atoms. The van der Waals surface area contributed by atoms with E-state index in [1.165, 1.54) is 6.07 Å². The van der Waals surface area contributed by atoms with Crippen LogP contribution in [0.5, 0.6) is 0 Å². The molecule has 8 nitrogen and oxygen atoms in total. The molecule has 0 aliphatic rings. The van der Waals surface area contributed by atoms with Crippen LogP contribution < -0.4 is 5.32 Å². The molecule has 0 bridgehead atoms. The lowest BCUT2D eigenvalue weighted by atomic mass is 10.2. The number of H-pyrrole nitrogens is 1. The van der Waals surface area contributed by atoms with Crippen LogP contribution in [0.3, 0.4) is 0 Å². The summed E-state index contributed by atoms with van der Waals surface area (Å²) in [5, 5.41) is 13.9. The van der Waals surface area contributed by atoms with Gasteiger partial charge in [0, 0.05) is 6.07 Å². The number of nitro benzene ring substituents is 1. The maximum Gasteiger partial charge on any atom is 0.338 e. The Morgan fingerprint density at radius 3 is 2.88 bits per heavy atom. The Kier molecular flexibility index (Phi) is 4.11. The second-order valence-corrected chi connectivity index (χ2v) is 4.94. The normalized spacial score (nSPS) is 10.5. The number of aromatic nitrogens is 2. The van der Waals surface area contributed by atoms with Gasteiger partial charge in [-0.3, -0.25) is 10.1 Å². The predicted octanol–water partition coefficient (Wildman–Crippen LogP) is 3.39. The molecule has 0 aliphatic carbocycles. The summed E-state index contributed by atoms with van der Waals surface area (Å²) in [4.78, 5) is 29.6. The molecule has 3 aromatic rings. The van der Waals surface area contributed by atoms with Gasteiger partial charge < -0.3 is 15.0 Å². The summed E-state index contributed by atoms with van der Waals surface area (Å²) in [6.07, 6.45) is 0. The third kappa shape index (κ3) is 3.02. The lowest BCUT2D eigenvalue weighted by Gasteiger charge is -2.02. The van der Waals surface area contributed by atoms with Crippen molar-refractivity contribution in [2.45, 2.75) is 6.92 Å². The molecule has 0 saturated carbocycles. The Bertz CT molecular complexity index is 919. The lowest BCUT2D eigenvalue weighted by molar-refractivity contribution is -0.383. The van der Waals surface area contributed by atoms with Crippen LogP contribution in [-0.4, -0.2) is 27.5 Å². The van der Waals surface area contributed by atoms with Gasteiger partial charge in [0.05, 0.1) is 28.1 Å². The maximum absolute atomic E-state index is 11.8. The van der Waals surface area contributed by atoms with Crippen molar-refractivity contribution in [1.82, 2.24) is 9.97 Å². The van der Waals surface area contributed by atoms with Gasteiger partial charge in [-0.2, -0.15) is 0 Å². The minimum absolute atomic E-state index is 0.0508. The number of imidazole rings is 1. The number of fused-ring (bicyclic) bond motifs is 1. The van der Waals surface area contributed by atoms with Gasteiger partial charge in [-0.15, -0.1) is 0 Å². The van der Waals surface area contributed by atoms with Crippen LogP contribution in [0.2, 0.25) is 0 Å². The Balaban J connectivity index is 1.92. The van der Waals surface area contributed by atoms with Crippen molar-refractivity contribution in [2.75, 3.05) is 11.9 Å². The molecule has 0 atom stereocenters. The lowest BCUT2D eigenvalue weighted by Crippen LogP contribution is -2.04. The summed E-state index contributed by atoms with van der Waals surface area (Å²) in [5.74, 6) is -0.0671. The van der Waals surface area contributed by atoms with Gasteiger partial charge in [-0.1, -0.05) is 12.1 Å². The van der Waals surface area contributed by atoms with Crippen LogP contribution in [0.15, 0.2) is 42.5 Å². The molecule has 0 spiro atoms. The number of para-hydroxylation sites is 2. The number of carbonyl (C=O) groups is 1. The SMILES string of the molecule is CCOC(=O)c1ccc2nc(Nc3ccccc3[N+](=O)[O-])[nH]c2c1. The minimum Gasteiger partial charge on any atom is -0.462 e. The number of aromatic amines is 1. The van der Waals surface area contributed by atoms with Crippen LogP contribution in [-0.2, 0) is 4.74 Å². The highest BCUT2D eigenvalue weighted by Gasteiger charge is 2.14. The summed E-state index contributed by atoms with van der Waals surface area (Å²) >= 11 is 0. The van der Waals surface area contributed by atoms with E-state index in [0.717, 1.165) is 0 Å². The summed E-state index contributed by atoms with van der Waals surface area (Å²) in [6, 6.07) is 11.2. The van der Waals surface area contributed by atoms with Crippen molar-refractivity contribution in [1.29, 1.82) is 0 Å². The van der Waals surface area contributed by atoms with Crippen molar-refractivity contribution in [2.24, 2.45) is 0 Å². The largest absolute Gasteiger partial charge is 0.462 e. The molecule has 2 N–H and O–H groups in total. The summed E-state index contributed by atoms with van der Waals surface area (Å²) < 4.78 is 4.96. The number of hydrogen-bond acceptors (Lipinski definition) is 6. The van der Waals surface area contributed by atoms with Gasteiger partial charge in [-0.25, -0.2) is 9.78 Å². The number of anilines is 2. The van der Waals surface area contributed by atoms with Crippen LogP contribution in [0, 0.1) is 10.1 Å². The number of ether oxygens (including phenoxy) is 1. The summed E-state index contributed by atoms with van der Waals surface area (Å²) in [7, 11) is 0. The minimum atomic E-state index is -0.468. The van der Waals surface area contributed by atoms with E-state index in [2.05, 4.69) is 15.3 Å². The average molecular weight is 326 g/mol. The molecular weight excluding hydrogens is 312 g/mol. The van der Waals surface area contributed by atoms with E-state index < -0.39 is 10.9 Å². The van der Waals surface area contributed by atoms with E-state index in [-0.39, 0.29) is 5.69 Å². The van der Waals surface area contributed by atoms with Crippen molar-refractivity contribution in [3.05, 3.63) is 58.1 Å². The molecule has 8 heteroatoms. The van der Waals surface area contributed by atoms with Crippen LogP contribution >= 0.6 is 0 Å². The highest BCUT2D eigenvalue weighted by atomic mass is 16.6. The molecule has 0 aliphatic heterocycles. The van der Waals surface area contributed by atoms with Crippen molar-refractivity contribution >= 4 is 34.3 Å². The fourth-order valence-electron chi connectivity index (χ4n) is 2.28. The standard InChI is InChI=1S/C16H14N4O4/c1-2-24-15(21)10-7-8-11-13(9-10)19-16(17-11)18-12-5-3-4-6-14(12)20(22)23/h3-9H,2H2,1H3,(H2,17,18,19). The van der Waals surface area contributed by atoms with E-state index in [9.17, 15) is 14.9 Å². The van der Waals surface area contributed by atoms with Gasteiger partial charge in [0.15, 0.2) is 0 Å². The zero-order valence-electron chi connectivity index (χ0n) is 12.8. The molecule has 0 radical (unpaired) electrons. The molecule has 0 fully saturated rings. The number of carbonyl (C=O) groups excluding carboxylic acids is 1. The third-order valence-electron chi connectivity index (χ3n) is 3.35. The summed E-state index contributed by atoms with van der Waals surface area (Å²) in [5.41, 5.74) is 1.94. The van der Waals surface area contributed by atoms with Crippen molar-refractivity contribution in [3.8, 4) is 0 Å². The van der Waals surface area contributed by atoms with E-state index in [1.807, 2.05) is 0 Å². The number of rotatable bonds is 5. The van der Waals surface area contributed by atoms with Gasteiger partial charge >= 0.3 is 5.97 Å². The number of benzene rings is 2. The molecule has 3 rings (SSSR count). The number of nitrogens with zero attached hydrogens (tertiary/aromatic N) is 2. The molecule has 122 valence electrons. The molecular formula is C16H14N4O4. The first-order valence-corrected chi connectivity index (χ1v) is 7.26. The number of nitrogens with one attached hydrogen (secondary N) is 2. The first-order chi connectivity index (χ1) is 11.6. The zero-order valence-corrected chi connectivity index (χ0v) is 12.8. The average Bonchev–Trinajstić information content (AvgIpc) is 2.96. The summed E-state index contributed by atoms with van der Waals surface area (Å²) in [6.45, 7) is 2.03. The highest BCUT2D eigenvalue weighted by molar-refractivity contribution is 5.94. The second-order valence-electron chi connectivity index (χ2n) is 4.94. The smallest absolute Gasteiger partial charge is 0.338 e. The Morgan fingerprint density at radius 2 is 2.12 bits per heavy atom. The zero-order chi connectivity index (χ0) is 17.1. The van der Waals surface area contributed by atoms with Gasteiger partial charge in [0.25, 0.3) is 5.69 Å². The predicted molar refractivity (Wildman–Crippen MR) is 88.4 cm³/mol. The van der Waals surface area contributed by atoms with E-state index in [1.54, 1.807) is 43.3 Å². The quantitative estimate of drug-likeness (QED) is 0.422. The van der Waals surface area contributed by atoms with Gasteiger partial charge in [0.1, 0.15) is 5.69 Å². The number of hydrogen-bond donors (Lipinski definition) is 2. The van der Waals surface area contributed by atoms with Crippen molar-refractivity contribution in [3.63, 3.8) is 0 Å². The molecule has 1 aromatic heterocycles. The molecule has 1 heterocycles. The van der Waals surface area contributed by atoms with E-state index in [0.29, 0.717) is 34.8 Å². The van der Waals surface area contributed by atoms with Crippen molar-refractivity contribution < 1.29 is 14.5 Å². The first kappa shape index (κ1) is 15.5. The Morgan fingerprint density at radius 1 is 1.33 bits per heavy atom. The molecule has 0 saturated heterocycles. The fourth-order valence-corrected chi connectivity index (χ4v) is 2.28. The number of nitro groups is 1. The fraction of sp³-hybridized carbons (Fsp3) is 0.125. The molecule has 0 amide bonds.